The van der Waals surface area contributed by atoms with E-state index in [9.17, 15) is 4.79 Å². The van der Waals surface area contributed by atoms with Crippen molar-refractivity contribution in [2.75, 3.05) is 11.4 Å². The fourth-order valence-corrected chi connectivity index (χ4v) is 3.76. The van der Waals surface area contributed by atoms with Crippen molar-refractivity contribution in [1.29, 1.82) is 0 Å². The van der Waals surface area contributed by atoms with Crippen molar-refractivity contribution >= 4 is 44.2 Å². The number of aryl methyl sites for hydroxylation is 2. The zero-order valence-electron chi connectivity index (χ0n) is 10.2. The minimum Gasteiger partial charge on any atom is -0.287 e. The Morgan fingerprint density at radius 2 is 2.22 bits per heavy atom. The number of benzene rings is 1. The molecule has 0 aliphatic carbocycles. The molecule has 0 radical (unpaired) electrons. The monoisotopic (exact) mass is 280 g/mol. The molecule has 0 saturated carbocycles. The van der Waals surface area contributed by atoms with Gasteiger partial charge in [-0.25, -0.2) is 4.98 Å². The summed E-state index contributed by atoms with van der Waals surface area (Å²) in [4.78, 5) is 18.1. The van der Waals surface area contributed by atoms with E-state index in [4.69, 9.17) is 11.6 Å². The number of nitrogens with zero attached hydrogens (tertiary/aromatic N) is 2. The number of fused-ring (bicyclic) bond motifs is 1. The number of hydrogen-bond donors (Lipinski definition) is 0. The van der Waals surface area contributed by atoms with Gasteiger partial charge in [0, 0.05) is 13.0 Å². The van der Waals surface area contributed by atoms with Crippen LogP contribution in [0, 0.1) is 13.8 Å². The predicted molar refractivity (Wildman–Crippen MR) is 75.7 cm³/mol. The second kappa shape index (κ2) is 4.21. The molecule has 0 spiro atoms. The molecule has 3 rings (SSSR count). The molecule has 18 heavy (non-hydrogen) atoms. The van der Waals surface area contributed by atoms with E-state index in [2.05, 4.69) is 31.0 Å². The smallest absolute Gasteiger partial charge is 0.230 e. The number of halogens is 1. The molecule has 1 fully saturated rings. The van der Waals surface area contributed by atoms with Crippen LogP contribution in [0.4, 0.5) is 5.13 Å². The van der Waals surface area contributed by atoms with Gasteiger partial charge in [-0.2, -0.15) is 0 Å². The summed E-state index contributed by atoms with van der Waals surface area (Å²) >= 11 is 7.59. The van der Waals surface area contributed by atoms with E-state index in [1.807, 2.05) is 0 Å². The molecule has 0 N–H and O–H groups in total. The number of aromatic nitrogens is 1. The van der Waals surface area contributed by atoms with Crippen LogP contribution in [0.2, 0.25) is 0 Å². The van der Waals surface area contributed by atoms with Crippen molar-refractivity contribution in [1.82, 2.24) is 4.98 Å². The van der Waals surface area contributed by atoms with Gasteiger partial charge < -0.3 is 0 Å². The maximum Gasteiger partial charge on any atom is 0.230 e. The van der Waals surface area contributed by atoms with Gasteiger partial charge in [-0.1, -0.05) is 17.4 Å². The van der Waals surface area contributed by atoms with Crippen molar-refractivity contribution in [2.45, 2.75) is 25.6 Å². The Morgan fingerprint density at radius 3 is 2.89 bits per heavy atom. The van der Waals surface area contributed by atoms with Crippen LogP contribution < -0.4 is 4.90 Å². The number of alkyl halides is 1. The van der Waals surface area contributed by atoms with Crippen molar-refractivity contribution in [3.63, 3.8) is 0 Å². The van der Waals surface area contributed by atoms with Crippen LogP contribution in [0.1, 0.15) is 17.5 Å². The highest BCUT2D eigenvalue weighted by Gasteiger charge is 2.31. The predicted octanol–water partition coefficient (Wildman–Crippen LogP) is 3.26. The molecule has 1 aromatic carbocycles. The van der Waals surface area contributed by atoms with Gasteiger partial charge in [0.2, 0.25) is 5.91 Å². The first-order chi connectivity index (χ1) is 8.54. The fraction of sp³-hybridized carbons (Fsp3) is 0.385. The van der Waals surface area contributed by atoms with E-state index in [0.29, 0.717) is 13.0 Å². The minimum absolute atomic E-state index is 0.0726. The molecular weight excluding hydrogens is 268 g/mol. The highest BCUT2D eigenvalue weighted by atomic mass is 35.5. The van der Waals surface area contributed by atoms with E-state index in [0.717, 1.165) is 20.9 Å². The standard InChI is InChI=1S/C13H13ClN2OS/c1-7-3-8(2)12-10(4-7)18-13(15-12)16-6-9(14)5-11(16)17/h3-4,9H,5-6H2,1-2H3. The van der Waals surface area contributed by atoms with Crippen LogP contribution in [0.3, 0.4) is 0 Å². The molecule has 1 saturated heterocycles. The number of carbonyl (C=O) groups is 1. The van der Waals surface area contributed by atoms with Crippen molar-refractivity contribution in [3.05, 3.63) is 23.3 Å². The van der Waals surface area contributed by atoms with Gasteiger partial charge in [0.15, 0.2) is 5.13 Å². The van der Waals surface area contributed by atoms with Crippen molar-refractivity contribution in [2.24, 2.45) is 0 Å². The third-order valence-corrected chi connectivity index (χ3v) is 4.44. The number of rotatable bonds is 1. The van der Waals surface area contributed by atoms with E-state index < -0.39 is 0 Å². The van der Waals surface area contributed by atoms with Crippen LogP contribution in [-0.4, -0.2) is 22.8 Å². The van der Waals surface area contributed by atoms with Gasteiger partial charge in [0.25, 0.3) is 0 Å². The Kier molecular flexibility index (Phi) is 2.79. The van der Waals surface area contributed by atoms with Gasteiger partial charge in [-0.15, -0.1) is 11.6 Å². The second-order valence-corrected chi connectivity index (χ2v) is 6.36. The summed E-state index contributed by atoms with van der Waals surface area (Å²) in [6, 6.07) is 4.23. The highest BCUT2D eigenvalue weighted by Crippen LogP contribution is 2.34. The van der Waals surface area contributed by atoms with E-state index in [1.165, 1.54) is 5.56 Å². The Labute approximate surface area is 114 Å². The highest BCUT2D eigenvalue weighted by molar-refractivity contribution is 7.22. The Hall–Kier alpha value is -1.13. The number of carbonyl (C=O) groups excluding carboxylic acids is 1. The number of hydrogen-bond acceptors (Lipinski definition) is 3. The number of amides is 1. The molecular formula is C13H13ClN2OS. The molecule has 1 aliphatic rings. The molecule has 5 heteroatoms. The van der Waals surface area contributed by atoms with Gasteiger partial charge in [0.05, 0.1) is 15.6 Å². The first-order valence-electron chi connectivity index (χ1n) is 5.87. The van der Waals surface area contributed by atoms with Crippen LogP contribution >= 0.6 is 22.9 Å². The van der Waals surface area contributed by atoms with Crippen LogP contribution in [0.15, 0.2) is 12.1 Å². The maximum atomic E-state index is 11.8. The lowest BCUT2D eigenvalue weighted by Crippen LogP contribution is -2.24. The summed E-state index contributed by atoms with van der Waals surface area (Å²) in [6.07, 6.45) is 0.412. The maximum absolute atomic E-state index is 11.8. The molecule has 1 aliphatic heterocycles. The van der Waals surface area contributed by atoms with Crippen LogP contribution in [0.25, 0.3) is 10.2 Å². The molecule has 0 bridgehead atoms. The molecule has 1 atom stereocenters. The summed E-state index contributed by atoms with van der Waals surface area (Å²) in [5.74, 6) is 0.0726. The second-order valence-electron chi connectivity index (χ2n) is 4.73. The molecule has 1 amide bonds. The largest absolute Gasteiger partial charge is 0.287 e. The van der Waals surface area contributed by atoms with E-state index >= 15 is 0 Å². The molecule has 3 nitrogen and oxygen atoms in total. The average Bonchev–Trinajstić information content (AvgIpc) is 2.81. The summed E-state index contributed by atoms with van der Waals surface area (Å²) in [7, 11) is 0. The first-order valence-corrected chi connectivity index (χ1v) is 7.12. The van der Waals surface area contributed by atoms with Gasteiger partial charge in [-0.3, -0.25) is 9.69 Å². The topological polar surface area (TPSA) is 33.2 Å². The molecule has 1 unspecified atom stereocenters. The lowest BCUT2D eigenvalue weighted by atomic mass is 10.1. The third kappa shape index (κ3) is 1.89. The Bertz CT molecular complexity index is 637. The summed E-state index contributed by atoms with van der Waals surface area (Å²) in [5.41, 5.74) is 3.37. The quantitative estimate of drug-likeness (QED) is 0.751. The van der Waals surface area contributed by atoms with Gasteiger partial charge >= 0.3 is 0 Å². The Morgan fingerprint density at radius 1 is 1.44 bits per heavy atom. The molecule has 2 aromatic rings. The van der Waals surface area contributed by atoms with Crippen LogP contribution in [-0.2, 0) is 4.79 Å². The SMILES string of the molecule is Cc1cc(C)c2nc(N3CC(Cl)CC3=O)sc2c1. The zero-order chi connectivity index (χ0) is 12.9. The number of thiazole rings is 1. The number of anilines is 1. The average molecular weight is 281 g/mol. The first kappa shape index (κ1) is 11.9. The van der Waals surface area contributed by atoms with Crippen molar-refractivity contribution < 1.29 is 4.79 Å². The summed E-state index contributed by atoms with van der Waals surface area (Å²) in [6.45, 7) is 4.69. The van der Waals surface area contributed by atoms with E-state index in [1.54, 1.807) is 16.2 Å². The van der Waals surface area contributed by atoms with Crippen molar-refractivity contribution in [3.8, 4) is 0 Å². The van der Waals surface area contributed by atoms with Crippen LogP contribution in [0.5, 0.6) is 0 Å². The normalized spacial score (nSPS) is 20.1. The summed E-state index contributed by atoms with van der Waals surface area (Å²) < 4.78 is 1.13. The Balaban J connectivity index is 2.09. The van der Waals surface area contributed by atoms with E-state index in [-0.39, 0.29) is 11.3 Å². The minimum atomic E-state index is -0.0904. The lowest BCUT2D eigenvalue weighted by Gasteiger charge is -2.10. The van der Waals surface area contributed by atoms with Gasteiger partial charge in [0.1, 0.15) is 0 Å². The third-order valence-electron chi connectivity index (χ3n) is 3.13. The molecule has 1 aromatic heterocycles. The lowest BCUT2D eigenvalue weighted by molar-refractivity contribution is -0.117. The van der Waals surface area contributed by atoms with Gasteiger partial charge in [-0.05, 0) is 31.0 Å². The fourth-order valence-electron chi connectivity index (χ4n) is 2.32. The molecule has 2 heterocycles. The molecule has 94 valence electrons. The zero-order valence-corrected chi connectivity index (χ0v) is 11.8. The summed E-state index contributed by atoms with van der Waals surface area (Å²) in [5, 5.41) is 0.680.